The second-order valence-electron chi connectivity index (χ2n) is 8.89. The van der Waals surface area contributed by atoms with Gasteiger partial charge in [-0.25, -0.2) is 4.98 Å². The highest BCUT2D eigenvalue weighted by atomic mass is 32.2. The third-order valence-corrected chi connectivity index (χ3v) is 7.63. The van der Waals surface area contributed by atoms with E-state index in [1.807, 2.05) is 11.5 Å². The summed E-state index contributed by atoms with van der Waals surface area (Å²) in [7, 11) is 0. The molecule has 3 rings (SSSR count). The Morgan fingerprint density at radius 1 is 1.25 bits per heavy atom. The number of rotatable bonds is 14. The second-order valence-corrected chi connectivity index (χ2v) is 11.6. The number of thioether (sulfide) groups is 1. The average Bonchev–Trinajstić information content (AvgIpc) is 3.48. The number of allylic oxidation sites excluding steroid dienone is 1. The van der Waals surface area contributed by atoms with Crippen molar-refractivity contribution in [3.8, 4) is 0 Å². The summed E-state index contributed by atoms with van der Waals surface area (Å²) in [6.45, 7) is 6.10. The second kappa shape index (κ2) is 12.7. The standard InChI is InChI=1S/C26H31N3O5S2/c1-4-5-6-18-7-9-19(10-8-18)15-21(16-22-11-12-23(34-22)29(32)33)27-14-13-20-17-35-25(28-20)36-26(2,3)24(30)31/h7-12,15,17,27H,4-6,13-14,16H2,1-3H3,(H,30,31)/b21-15+. The summed E-state index contributed by atoms with van der Waals surface area (Å²) in [5.74, 6) is -0.651. The van der Waals surface area contributed by atoms with E-state index in [1.165, 1.54) is 34.7 Å². The summed E-state index contributed by atoms with van der Waals surface area (Å²) in [6.07, 6.45) is 6.42. The number of furan rings is 1. The number of aliphatic carboxylic acids is 1. The number of carboxylic acids is 1. The zero-order valence-corrected chi connectivity index (χ0v) is 22.3. The van der Waals surface area contributed by atoms with E-state index in [2.05, 4.69) is 41.5 Å². The van der Waals surface area contributed by atoms with Gasteiger partial charge in [0.05, 0.1) is 11.8 Å². The third-order valence-electron chi connectivity index (χ3n) is 5.45. The SMILES string of the molecule is CCCCc1ccc(/C=C(\Cc2ccc([N+](=O)[O-])o2)NCCc2csc(SC(C)(C)C(=O)O)n2)cc1. The molecule has 192 valence electrons. The van der Waals surface area contributed by atoms with Gasteiger partial charge in [0.2, 0.25) is 0 Å². The van der Waals surface area contributed by atoms with Crippen LogP contribution in [0.25, 0.3) is 6.08 Å². The first-order valence-electron chi connectivity index (χ1n) is 11.8. The molecule has 3 aromatic rings. The molecule has 0 radical (unpaired) electrons. The van der Waals surface area contributed by atoms with Gasteiger partial charge in [0.1, 0.15) is 15.4 Å². The zero-order chi connectivity index (χ0) is 26.1. The van der Waals surface area contributed by atoms with Gasteiger partial charge in [0, 0.05) is 30.5 Å². The fourth-order valence-electron chi connectivity index (χ4n) is 3.34. The molecule has 0 saturated carbocycles. The molecule has 0 aliphatic heterocycles. The summed E-state index contributed by atoms with van der Waals surface area (Å²) < 4.78 is 5.15. The van der Waals surface area contributed by atoms with E-state index in [4.69, 9.17) is 4.42 Å². The highest BCUT2D eigenvalue weighted by Gasteiger charge is 2.29. The lowest BCUT2D eigenvalue weighted by Gasteiger charge is -2.15. The number of benzene rings is 1. The van der Waals surface area contributed by atoms with E-state index < -0.39 is 15.6 Å². The maximum atomic E-state index is 11.4. The van der Waals surface area contributed by atoms with Crippen molar-refractivity contribution in [1.29, 1.82) is 0 Å². The van der Waals surface area contributed by atoms with Crippen LogP contribution >= 0.6 is 23.1 Å². The van der Waals surface area contributed by atoms with Gasteiger partial charge in [0.15, 0.2) is 4.34 Å². The maximum absolute atomic E-state index is 11.4. The van der Waals surface area contributed by atoms with Gasteiger partial charge in [-0.05, 0) is 50.0 Å². The minimum atomic E-state index is -0.943. The fraction of sp³-hybridized carbons (Fsp3) is 0.385. The largest absolute Gasteiger partial charge is 0.480 e. The monoisotopic (exact) mass is 529 g/mol. The van der Waals surface area contributed by atoms with Crippen LogP contribution in [0.5, 0.6) is 0 Å². The lowest BCUT2D eigenvalue weighted by molar-refractivity contribution is -0.402. The van der Waals surface area contributed by atoms with Crippen LogP contribution < -0.4 is 5.32 Å². The molecule has 0 saturated heterocycles. The molecule has 10 heteroatoms. The quantitative estimate of drug-likeness (QED) is 0.141. The molecular formula is C26H31N3O5S2. The minimum Gasteiger partial charge on any atom is -0.480 e. The molecule has 0 spiro atoms. The molecule has 0 amide bonds. The number of nitrogens with one attached hydrogen (secondary N) is 1. The average molecular weight is 530 g/mol. The Balaban J connectivity index is 1.68. The number of nitrogens with zero attached hydrogens (tertiary/aromatic N) is 2. The summed E-state index contributed by atoms with van der Waals surface area (Å²) >= 11 is 2.67. The molecule has 36 heavy (non-hydrogen) atoms. The van der Waals surface area contributed by atoms with Crippen LogP contribution in [0.2, 0.25) is 0 Å². The predicted octanol–water partition coefficient (Wildman–Crippen LogP) is 6.36. The first-order chi connectivity index (χ1) is 17.2. The fourth-order valence-corrected chi connectivity index (χ4v) is 5.56. The lowest BCUT2D eigenvalue weighted by atomic mass is 10.1. The molecule has 0 aliphatic rings. The number of thiazole rings is 1. The van der Waals surface area contributed by atoms with Crippen molar-refractivity contribution >= 4 is 41.0 Å². The third kappa shape index (κ3) is 8.23. The summed E-state index contributed by atoms with van der Waals surface area (Å²) in [5, 5.41) is 25.7. The van der Waals surface area contributed by atoms with E-state index >= 15 is 0 Å². The molecule has 8 nitrogen and oxygen atoms in total. The van der Waals surface area contributed by atoms with Crippen molar-refractivity contribution in [2.45, 2.75) is 62.0 Å². The van der Waals surface area contributed by atoms with Crippen LogP contribution in [0, 0.1) is 10.1 Å². The van der Waals surface area contributed by atoms with Crippen molar-refractivity contribution in [3.05, 3.63) is 80.2 Å². The Morgan fingerprint density at radius 2 is 2.00 bits per heavy atom. The van der Waals surface area contributed by atoms with E-state index in [0.29, 0.717) is 25.1 Å². The number of carbonyl (C=O) groups is 1. The van der Waals surface area contributed by atoms with Gasteiger partial charge in [0.25, 0.3) is 0 Å². The van der Waals surface area contributed by atoms with E-state index in [0.717, 1.165) is 40.6 Å². The topological polar surface area (TPSA) is 118 Å². The smallest absolute Gasteiger partial charge is 0.433 e. The van der Waals surface area contributed by atoms with Crippen molar-refractivity contribution in [3.63, 3.8) is 0 Å². The number of hydrogen-bond acceptors (Lipinski definition) is 8. The highest BCUT2D eigenvalue weighted by Crippen LogP contribution is 2.34. The Hall–Kier alpha value is -3.11. The van der Waals surface area contributed by atoms with Gasteiger partial charge in [-0.2, -0.15) is 0 Å². The molecule has 0 fully saturated rings. The van der Waals surface area contributed by atoms with Gasteiger partial charge in [-0.3, -0.25) is 14.9 Å². The first kappa shape index (κ1) is 27.5. The summed E-state index contributed by atoms with van der Waals surface area (Å²) in [4.78, 5) is 26.4. The van der Waals surface area contributed by atoms with Crippen LogP contribution in [0.3, 0.4) is 0 Å². The number of aryl methyl sites for hydroxylation is 1. The maximum Gasteiger partial charge on any atom is 0.433 e. The number of hydrogen-bond donors (Lipinski definition) is 2. The van der Waals surface area contributed by atoms with E-state index in [-0.39, 0.29) is 5.88 Å². The Bertz CT molecular complexity index is 1200. The normalized spacial score (nSPS) is 12.0. The molecule has 2 heterocycles. The van der Waals surface area contributed by atoms with Gasteiger partial charge < -0.3 is 14.8 Å². The number of nitro groups is 1. The molecule has 1 aromatic carbocycles. The van der Waals surface area contributed by atoms with Crippen molar-refractivity contribution in [2.75, 3.05) is 6.54 Å². The molecule has 0 bridgehead atoms. The summed E-state index contributed by atoms with van der Waals surface area (Å²) in [6, 6.07) is 11.4. The molecular weight excluding hydrogens is 498 g/mol. The van der Waals surface area contributed by atoms with E-state index in [9.17, 15) is 20.0 Å². The van der Waals surface area contributed by atoms with Crippen molar-refractivity contribution in [1.82, 2.24) is 10.3 Å². The van der Waals surface area contributed by atoms with Crippen LogP contribution in [-0.4, -0.2) is 32.3 Å². The van der Waals surface area contributed by atoms with Crippen LogP contribution in [0.4, 0.5) is 5.88 Å². The summed E-state index contributed by atoms with van der Waals surface area (Å²) in [5.41, 5.74) is 4.08. The van der Waals surface area contributed by atoms with Gasteiger partial charge in [-0.15, -0.1) is 11.3 Å². The number of aromatic nitrogens is 1. The van der Waals surface area contributed by atoms with Gasteiger partial charge in [-0.1, -0.05) is 49.4 Å². The highest BCUT2D eigenvalue weighted by molar-refractivity contribution is 8.03. The van der Waals surface area contributed by atoms with Crippen LogP contribution in [0.15, 0.2) is 56.2 Å². The minimum absolute atomic E-state index is 0.276. The predicted molar refractivity (Wildman–Crippen MR) is 143 cm³/mol. The zero-order valence-electron chi connectivity index (χ0n) is 20.7. The van der Waals surface area contributed by atoms with Crippen LogP contribution in [0.1, 0.15) is 56.2 Å². The lowest BCUT2D eigenvalue weighted by Crippen LogP contribution is -2.26. The Labute approximate surface area is 219 Å². The molecule has 0 atom stereocenters. The Morgan fingerprint density at radius 3 is 2.64 bits per heavy atom. The van der Waals surface area contributed by atoms with E-state index in [1.54, 1.807) is 19.9 Å². The van der Waals surface area contributed by atoms with Crippen LogP contribution in [-0.2, 0) is 24.1 Å². The molecule has 2 N–H and O–H groups in total. The number of carboxylic acid groups (broad SMARTS) is 1. The van der Waals surface area contributed by atoms with Gasteiger partial charge >= 0.3 is 11.9 Å². The Kier molecular flexibility index (Phi) is 9.72. The molecule has 2 aromatic heterocycles. The number of unbranched alkanes of at least 4 members (excludes halogenated alkanes) is 1. The molecule has 0 unspecified atom stereocenters. The van der Waals surface area contributed by atoms with Crippen molar-refractivity contribution in [2.24, 2.45) is 0 Å². The first-order valence-corrected chi connectivity index (χ1v) is 13.5. The molecule has 0 aliphatic carbocycles. The van der Waals surface area contributed by atoms with Crippen molar-refractivity contribution < 1.29 is 19.2 Å².